The van der Waals surface area contributed by atoms with Crippen LogP contribution in [0.1, 0.15) is 57.5 Å². The molecule has 0 amide bonds. The highest BCUT2D eigenvalue weighted by Crippen LogP contribution is 2.42. The summed E-state index contributed by atoms with van der Waals surface area (Å²) < 4.78 is 7.40. The van der Waals surface area contributed by atoms with Gasteiger partial charge in [0.2, 0.25) is 0 Å². The molecule has 4 heteroatoms. The Morgan fingerprint density at radius 1 is 1.10 bits per heavy atom. The summed E-state index contributed by atoms with van der Waals surface area (Å²) in [5, 5.41) is 0.0926. The summed E-state index contributed by atoms with van der Waals surface area (Å²) in [6.45, 7) is 17.4. The molecule has 0 bridgehead atoms. The number of hydrogen-bond acceptors (Lipinski definition) is 2. The molecule has 0 aliphatic carbocycles. The maximum absolute atomic E-state index is 11.5. The highest BCUT2D eigenvalue weighted by atomic mass is 79.9. The molecule has 0 aliphatic rings. The van der Waals surface area contributed by atoms with Crippen molar-refractivity contribution in [2.45, 2.75) is 65.1 Å². The average Bonchev–Trinajstić information content (AvgIpc) is 2.27. The summed E-state index contributed by atoms with van der Waals surface area (Å²) in [5.74, 6) is 0.757. The second-order valence-corrected chi connectivity index (χ2v) is 13.7. The van der Waals surface area contributed by atoms with E-state index in [0.29, 0.717) is 5.56 Å². The van der Waals surface area contributed by atoms with Gasteiger partial charge in [-0.15, -0.1) is 0 Å². The molecule has 0 saturated carbocycles. The van der Waals surface area contributed by atoms with E-state index >= 15 is 0 Å². The van der Waals surface area contributed by atoms with Crippen LogP contribution in [0.15, 0.2) is 16.6 Å². The maximum atomic E-state index is 11.5. The first-order chi connectivity index (χ1) is 9.29. The summed E-state index contributed by atoms with van der Waals surface area (Å²) in [5.41, 5.74) is 1.61. The third-order valence-electron chi connectivity index (χ3n) is 4.18. The van der Waals surface area contributed by atoms with Gasteiger partial charge in [-0.2, -0.15) is 0 Å². The van der Waals surface area contributed by atoms with E-state index in [-0.39, 0.29) is 10.5 Å². The number of carbonyl (C=O) groups is 1. The molecule has 1 rings (SSSR count). The molecule has 1 aromatic carbocycles. The molecule has 0 heterocycles. The van der Waals surface area contributed by atoms with Crippen molar-refractivity contribution < 1.29 is 9.22 Å². The Labute approximate surface area is 138 Å². The zero-order valence-corrected chi connectivity index (χ0v) is 17.0. The van der Waals surface area contributed by atoms with Crippen LogP contribution in [0.2, 0.25) is 18.1 Å². The fourth-order valence-electron chi connectivity index (χ4n) is 1.78. The standard InChI is InChI=1S/C17H27BrO2Si/c1-16(2,3)14-10-13(18)9-12(11-19)15(14)20-21(7,8)17(4,5)6/h9-11H,1-8H3. The van der Waals surface area contributed by atoms with Gasteiger partial charge in [0, 0.05) is 4.47 Å². The van der Waals surface area contributed by atoms with Crippen molar-refractivity contribution in [2.24, 2.45) is 0 Å². The first kappa shape index (κ1) is 18.4. The molecule has 0 saturated heterocycles. The Morgan fingerprint density at radius 2 is 1.62 bits per heavy atom. The number of aldehydes is 1. The number of carbonyl (C=O) groups excluding carboxylic acids is 1. The quantitative estimate of drug-likeness (QED) is 0.485. The van der Waals surface area contributed by atoms with E-state index < -0.39 is 8.32 Å². The lowest BCUT2D eigenvalue weighted by molar-refractivity contribution is 0.112. The molecule has 0 N–H and O–H groups in total. The zero-order valence-electron chi connectivity index (χ0n) is 14.4. The summed E-state index contributed by atoms with van der Waals surface area (Å²) in [6, 6.07) is 3.90. The predicted octanol–water partition coefficient (Wildman–Crippen LogP) is 5.94. The van der Waals surface area contributed by atoms with Gasteiger partial charge in [0.15, 0.2) is 6.29 Å². The fourth-order valence-corrected chi connectivity index (χ4v) is 3.30. The van der Waals surface area contributed by atoms with Gasteiger partial charge < -0.3 is 4.43 Å². The lowest BCUT2D eigenvalue weighted by Gasteiger charge is -2.38. The molecule has 0 spiro atoms. The minimum Gasteiger partial charge on any atom is -0.543 e. The van der Waals surface area contributed by atoms with Crippen molar-refractivity contribution in [1.82, 2.24) is 0 Å². The van der Waals surface area contributed by atoms with Crippen molar-refractivity contribution in [2.75, 3.05) is 0 Å². The zero-order chi connectivity index (χ0) is 16.6. The van der Waals surface area contributed by atoms with Gasteiger partial charge in [0.1, 0.15) is 5.75 Å². The molecule has 21 heavy (non-hydrogen) atoms. The lowest BCUT2D eigenvalue weighted by atomic mass is 9.85. The monoisotopic (exact) mass is 370 g/mol. The maximum Gasteiger partial charge on any atom is 0.250 e. The topological polar surface area (TPSA) is 26.3 Å². The third kappa shape index (κ3) is 4.19. The molecule has 2 nitrogen and oxygen atoms in total. The summed E-state index contributed by atoms with van der Waals surface area (Å²) in [7, 11) is -2.00. The van der Waals surface area contributed by atoms with Crippen LogP contribution < -0.4 is 4.43 Å². The molecule has 1 aromatic rings. The molecule has 0 unspecified atom stereocenters. The van der Waals surface area contributed by atoms with Crippen LogP contribution in [0.3, 0.4) is 0 Å². The van der Waals surface area contributed by atoms with E-state index in [0.717, 1.165) is 22.1 Å². The van der Waals surface area contributed by atoms with E-state index in [4.69, 9.17) is 4.43 Å². The summed E-state index contributed by atoms with van der Waals surface area (Å²) in [4.78, 5) is 11.5. The SMILES string of the molecule is CC(C)(C)c1cc(Br)cc(C=O)c1O[Si](C)(C)C(C)(C)C. The highest BCUT2D eigenvalue weighted by Gasteiger charge is 2.40. The van der Waals surface area contributed by atoms with E-state index in [9.17, 15) is 4.79 Å². The Bertz CT molecular complexity index is 537. The largest absolute Gasteiger partial charge is 0.543 e. The second kappa shape index (κ2) is 5.88. The van der Waals surface area contributed by atoms with Crippen molar-refractivity contribution >= 4 is 30.5 Å². The Balaban J connectivity index is 3.51. The van der Waals surface area contributed by atoms with Crippen LogP contribution in [0.4, 0.5) is 0 Å². The molecule has 118 valence electrons. The summed E-state index contributed by atoms with van der Waals surface area (Å²) >= 11 is 3.50. The molecule has 0 fully saturated rings. The average molecular weight is 371 g/mol. The van der Waals surface area contributed by atoms with Gasteiger partial charge in [-0.1, -0.05) is 57.5 Å². The Kier molecular flexibility index (Phi) is 5.16. The molecule has 0 aliphatic heterocycles. The van der Waals surface area contributed by atoms with Crippen LogP contribution >= 0.6 is 15.9 Å². The van der Waals surface area contributed by atoms with E-state index in [1.807, 2.05) is 6.07 Å². The van der Waals surface area contributed by atoms with Crippen LogP contribution in [0.25, 0.3) is 0 Å². The van der Waals surface area contributed by atoms with E-state index in [1.54, 1.807) is 0 Å². The smallest absolute Gasteiger partial charge is 0.250 e. The molecule has 0 atom stereocenters. The molecular formula is C17H27BrO2Si. The Hall–Kier alpha value is -0.613. The van der Waals surface area contributed by atoms with Crippen molar-refractivity contribution in [3.8, 4) is 5.75 Å². The van der Waals surface area contributed by atoms with Gasteiger partial charge >= 0.3 is 0 Å². The minimum atomic E-state index is -2.00. The molecular weight excluding hydrogens is 344 g/mol. The van der Waals surface area contributed by atoms with Gasteiger partial charge in [0.05, 0.1) is 5.56 Å². The molecule has 0 aromatic heterocycles. The highest BCUT2D eigenvalue weighted by molar-refractivity contribution is 9.10. The van der Waals surface area contributed by atoms with Crippen LogP contribution in [0, 0.1) is 0 Å². The van der Waals surface area contributed by atoms with Crippen molar-refractivity contribution in [3.05, 3.63) is 27.7 Å². The minimum absolute atomic E-state index is 0.0841. The van der Waals surface area contributed by atoms with E-state index in [2.05, 4.69) is 76.6 Å². The van der Waals surface area contributed by atoms with Crippen LogP contribution in [-0.2, 0) is 5.41 Å². The first-order valence-corrected chi connectivity index (χ1v) is 11.0. The van der Waals surface area contributed by atoms with E-state index in [1.165, 1.54) is 0 Å². The normalized spacial score (nSPS) is 13.2. The lowest BCUT2D eigenvalue weighted by Crippen LogP contribution is -2.44. The Morgan fingerprint density at radius 3 is 2.00 bits per heavy atom. The number of rotatable bonds is 3. The van der Waals surface area contributed by atoms with Gasteiger partial charge in [-0.05, 0) is 41.2 Å². The van der Waals surface area contributed by atoms with Crippen molar-refractivity contribution in [1.29, 1.82) is 0 Å². The summed E-state index contributed by atoms with van der Waals surface area (Å²) in [6.07, 6.45) is 0.891. The van der Waals surface area contributed by atoms with Crippen molar-refractivity contribution in [3.63, 3.8) is 0 Å². The second-order valence-electron chi connectivity index (χ2n) is 8.10. The van der Waals surface area contributed by atoms with Gasteiger partial charge in [-0.25, -0.2) is 0 Å². The van der Waals surface area contributed by atoms with Gasteiger partial charge in [0.25, 0.3) is 8.32 Å². The predicted molar refractivity (Wildman–Crippen MR) is 96.1 cm³/mol. The third-order valence-corrected chi connectivity index (χ3v) is 8.97. The fraction of sp³-hybridized carbons (Fsp3) is 0.588. The molecule has 0 radical (unpaired) electrons. The van der Waals surface area contributed by atoms with Crippen LogP contribution in [-0.4, -0.2) is 14.6 Å². The first-order valence-electron chi connectivity index (χ1n) is 7.28. The van der Waals surface area contributed by atoms with Gasteiger partial charge in [-0.3, -0.25) is 4.79 Å². The van der Waals surface area contributed by atoms with Crippen LogP contribution in [0.5, 0.6) is 5.75 Å². The number of halogens is 1. The number of benzene rings is 1. The number of hydrogen-bond donors (Lipinski definition) is 0.